The minimum Gasteiger partial charge on any atom is -0.490 e. The first-order valence-corrected chi connectivity index (χ1v) is 8.65. The van der Waals surface area contributed by atoms with Crippen LogP contribution in [0.2, 0.25) is 0 Å². The van der Waals surface area contributed by atoms with Crippen LogP contribution < -0.4 is 4.74 Å². The Balaban J connectivity index is 1.75. The molecule has 1 aliphatic carbocycles. The van der Waals surface area contributed by atoms with Crippen LogP contribution in [-0.2, 0) is 4.74 Å². The molecule has 4 heteroatoms. The van der Waals surface area contributed by atoms with Crippen molar-refractivity contribution in [3.8, 4) is 5.75 Å². The fourth-order valence-corrected chi connectivity index (χ4v) is 3.93. The zero-order valence-electron chi connectivity index (χ0n) is 12.5. The van der Waals surface area contributed by atoms with Crippen molar-refractivity contribution in [2.24, 2.45) is 0 Å². The molecule has 1 saturated heterocycles. The molecule has 1 aliphatic heterocycles. The molecule has 0 amide bonds. The molecule has 2 atom stereocenters. The van der Waals surface area contributed by atoms with E-state index >= 15 is 0 Å². The second-order valence-corrected chi connectivity index (χ2v) is 7.25. The lowest BCUT2D eigenvalue weighted by atomic mass is 9.90. The molecule has 1 N–H and O–H groups in total. The SMILES string of the molecule is CC(O)c1ccc(Br)cc1OC1CCOC2(CCCC2)C1. The van der Waals surface area contributed by atoms with Crippen LogP contribution in [0, 0.1) is 0 Å². The number of aliphatic hydroxyl groups excluding tert-OH is 1. The fraction of sp³-hybridized carbons (Fsp3) is 0.647. The first-order chi connectivity index (χ1) is 10.1. The molecule has 3 rings (SSSR count). The van der Waals surface area contributed by atoms with Crippen molar-refractivity contribution >= 4 is 15.9 Å². The van der Waals surface area contributed by atoms with Crippen molar-refractivity contribution in [3.05, 3.63) is 28.2 Å². The summed E-state index contributed by atoms with van der Waals surface area (Å²) in [7, 11) is 0. The molecule has 0 aromatic heterocycles. The van der Waals surface area contributed by atoms with Gasteiger partial charge in [-0.15, -0.1) is 0 Å². The fourth-order valence-electron chi connectivity index (χ4n) is 3.59. The third-order valence-corrected chi connectivity index (χ3v) is 5.18. The zero-order chi connectivity index (χ0) is 14.9. The smallest absolute Gasteiger partial charge is 0.126 e. The van der Waals surface area contributed by atoms with Gasteiger partial charge in [0.1, 0.15) is 11.9 Å². The number of halogens is 1. The van der Waals surface area contributed by atoms with E-state index in [0.717, 1.165) is 48.1 Å². The topological polar surface area (TPSA) is 38.7 Å². The third-order valence-electron chi connectivity index (χ3n) is 4.68. The average Bonchev–Trinajstić information content (AvgIpc) is 2.86. The monoisotopic (exact) mass is 354 g/mol. The number of rotatable bonds is 3. The van der Waals surface area contributed by atoms with E-state index in [4.69, 9.17) is 9.47 Å². The lowest BCUT2D eigenvalue weighted by molar-refractivity contribution is -0.108. The summed E-state index contributed by atoms with van der Waals surface area (Å²) in [6.07, 6.45) is 6.41. The van der Waals surface area contributed by atoms with Crippen LogP contribution in [0.1, 0.15) is 57.1 Å². The maximum Gasteiger partial charge on any atom is 0.126 e. The first-order valence-electron chi connectivity index (χ1n) is 7.86. The van der Waals surface area contributed by atoms with Gasteiger partial charge in [0.25, 0.3) is 0 Å². The molecule has 1 heterocycles. The predicted octanol–water partition coefficient (Wildman–Crippen LogP) is 4.37. The van der Waals surface area contributed by atoms with Gasteiger partial charge in [-0.2, -0.15) is 0 Å². The van der Waals surface area contributed by atoms with Crippen molar-refractivity contribution in [2.75, 3.05) is 6.61 Å². The van der Waals surface area contributed by atoms with Gasteiger partial charge in [-0.1, -0.05) is 34.8 Å². The Morgan fingerprint density at radius 1 is 1.38 bits per heavy atom. The van der Waals surface area contributed by atoms with Crippen molar-refractivity contribution in [1.82, 2.24) is 0 Å². The second kappa shape index (κ2) is 6.27. The minimum absolute atomic E-state index is 0.0555. The molecule has 2 fully saturated rings. The van der Waals surface area contributed by atoms with Crippen LogP contribution in [0.5, 0.6) is 5.75 Å². The molecular weight excluding hydrogens is 332 g/mol. The van der Waals surface area contributed by atoms with E-state index in [1.54, 1.807) is 6.92 Å². The molecule has 1 spiro atoms. The molecule has 0 bridgehead atoms. The van der Waals surface area contributed by atoms with Gasteiger partial charge in [0.15, 0.2) is 0 Å². The molecule has 2 unspecified atom stereocenters. The lowest BCUT2D eigenvalue weighted by Gasteiger charge is -2.38. The van der Waals surface area contributed by atoms with E-state index in [9.17, 15) is 5.11 Å². The quantitative estimate of drug-likeness (QED) is 0.875. The van der Waals surface area contributed by atoms with Crippen LogP contribution in [0.15, 0.2) is 22.7 Å². The van der Waals surface area contributed by atoms with Gasteiger partial charge in [-0.25, -0.2) is 0 Å². The molecule has 3 nitrogen and oxygen atoms in total. The lowest BCUT2D eigenvalue weighted by Crippen LogP contribution is -2.41. The van der Waals surface area contributed by atoms with Crippen molar-refractivity contribution in [3.63, 3.8) is 0 Å². The summed E-state index contributed by atoms with van der Waals surface area (Å²) in [6.45, 7) is 2.56. The Hall–Kier alpha value is -0.580. The van der Waals surface area contributed by atoms with Crippen LogP contribution in [-0.4, -0.2) is 23.4 Å². The molecule has 116 valence electrons. The largest absolute Gasteiger partial charge is 0.490 e. The van der Waals surface area contributed by atoms with Crippen LogP contribution >= 0.6 is 15.9 Å². The summed E-state index contributed by atoms with van der Waals surface area (Å²) < 4.78 is 13.3. The molecule has 2 aliphatic rings. The number of ether oxygens (including phenoxy) is 2. The highest BCUT2D eigenvalue weighted by molar-refractivity contribution is 9.10. The van der Waals surface area contributed by atoms with Crippen LogP contribution in [0.4, 0.5) is 0 Å². The zero-order valence-corrected chi connectivity index (χ0v) is 14.1. The van der Waals surface area contributed by atoms with E-state index in [1.165, 1.54) is 12.8 Å². The molecule has 0 radical (unpaired) electrons. The van der Waals surface area contributed by atoms with E-state index in [2.05, 4.69) is 15.9 Å². The van der Waals surface area contributed by atoms with Gasteiger partial charge in [-0.05, 0) is 31.9 Å². The van der Waals surface area contributed by atoms with Crippen molar-refractivity contribution < 1.29 is 14.6 Å². The third kappa shape index (κ3) is 3.43. The van der Waals surface area contributed by atoms with E-state index in [-0.39, 0.29) is 11.7 Å². The highest BCUT2D eigenvalue weighted by Crippen LogP contribution is 2.41. The highest BCUT2D eigenvalue weighted by atomic mass is 79.9. The summed E-state index contributed by atoms with van der Waals surface area (Å²) >= 11 is 3.48. The van der Waals surface area contributed by atoms with E-state index in [1.807, 2.05) is 18.2 Å². The Morgan fingerprint density at radius 2 is 2.14 bits per heavy atom. The van der Waals surface area contributed by atoms with Gasteiger partial charge in [0.05, 0.1) is 18.3 Å². The van der Waals surface area contributed by atoms with E-state index in [0.29, 0.717) is 0 Å². The van der Waals surface area contributed by atoms with Gasteiger partial charge in [0.2, 0.25) is 0 Å². The molecular formula is C17H23BrO3. The summed E-state index contributed by atoms with van der Waals surface area (Å²) in [5.74, 6) is 0.791. The van der Waals surface area contributed by atoms with E-state index < -0.39 is 6.10 Å². The molecule has 1 aromatic carbocycles. The summed E-state index contributed by atoms with van der Waals surface area (Å²) in [5, 5.41) is 9.91. The molecule has 21 heavy (non-hydrogen) atoms. The average molecular weight is 355 g/mol. The Bertz CT molecular complexity index is 495. The highest BCUT2D eigenvalue weighted by Gasteiger charge is 2.40. The normalized spacial score (nSPS) is 26.0. The van der Waals surface area contributed by atoms with Gasteiger partial charge >= 0.3 is 0 Å². The number of aliphatic hydroxyl groups is 1. The van der Waals surface area contributed by atoms with Crippen LogP contribution in [0.3, 0.4) is 0 Å². The number of benzene rings is 1. The standard InChI is InChI=1S/C17H23BrO3/c1-12(19)15-5-4-13(18)10-16(15)21-14-6-9-20-17(11-14)7-2-3-8-17/h4-5,10,12,14,19H,2-3,6-9,11H2,1H3. The molecule has 1 saturated carbocycles. The molecule has 1 aromatic rings. The van der Waals surface area contributed by atoms with Crippen molar-refractivity contribution in [1.29, 1.82) is 0 Å². The predicted molar refractivity (Wildman–Crippen MR) is 85.6 cm³/mol. The summed E-state index contributed by atoms with van der Waals surface area (Å²) in [6, 6.07) is 5.82. The Morgan fingerprint density at radius 3 is 2.86 bits per heavy atom. The summed E-state index contributed by atoms with van der Waals surface area (Å²) in [4.78, 5) is 0. The summed E-state index contributed by atoms with van der Waals surface area (Å²) in [5.41, 5.74) is 0.907. The number of hydrogen-bond donors (Lipinski definition) is 1. The first kappa shape index (κ1) is 15.3. The van der Waals surface area contributed by atoms with Gasteiger partial charge in [0, 0.05) is 22.9 Å². The van der Waals surface area contributed by atoms with Gasteiger partial charge < -0.3 is 14.6 Å². The second-order valence-electron chi connectivity index (χ2n) is 6.33. The van der Waals surface area contributed by atoms with Gasteiger partial charge in [-0.3, -0.25) is 0 Å². The number of hydrogen-bond acceptors (Lipinski definition) is 3. The maximum atomic E-state index is 9.91. The van der Waals surface area contributed by atoms with Crippen LogP contribution in [0.25, 0.3) is 0 Å². The Kier molecular flexibility index (Phi) is 4.57. The maximum absolute atomic E-state index is 9.91. The Labute approximate surface area is 134 Å². The van der Waals surface area contributed by atoms with Crippen molar-refractivity contribution in [2.45, 2.75) is 63.3 Å². The minimum atomic E-state index is -0.520.